The fourth-order valence-electron chi connectivity index (χ4n) is 2.76. The van der Waals surface area contributed by atoms with Gasteiger partial charge in [0.15, 0.2) is 0 Å². The van der Waals surface area contributed by atoms with Gasteiger partial charge < -0.3 is 5.32 Å². The summed E-state index contributed by atoms with van der Waals surface area (Å²) in [4.78, 5) is 0. The average Bonchev–Trinajstić information content (AvgIpc) is 3.28. The Morgan fingerprint density at radius 3 is 2.71 bits per heavy atom. The van der Waals surface area contributed by atoms with E-state index in [0.717, 1.165) is 31.6 Å². The van der Waals surface area contributed by atoms with E-state index in [2.05, 4.69) is 23.2 Å². The van der Waals surface area contributed by atoms with Crippen molar-refractivity contribution >= 4 is 22.0 Å². The third kappa shape index (κ3) is 5.71. The van der Waals surface area contributed by atoms with Gasteiger partial charge in [-0.1, -0.05) is 13.3 Å². The Balaban J connectivity index is 1.87. The molecule has 0 bridgehead atoms. The number of piperidine rings is 1. The van der Waals surface area contributed by atoms with Gasteiger partial charge in [-0.15, -0.1) is 0 Å². The SMILES string of the molecule is CSCC(C)CNS(=O)(=O)N1CCCCC1CNC1CC1. The fraction of sp³-hybridized carbons (Fsp3) is 1.00. The van der Waals surface area contributed by atoms with Crippen molar-refractivity contribution in [1.82, 2.24) is 14.3 Å². The summed E-state index contributed by atoms with van der Waals surface area (Å²) in [6.07, 6.45) is 7.61. The van der Waals surface area contributed by atoms with E-state index < -0.39 is 10.2 Å². The third-order valence-electron chi connectivity index (χ3n) is 4.17. The topological polar surface area (TPSA) is 61.4 Å². The number of rotatable bonds is 9. The van der Waals surface area contributed by atoms with E-state index in [1.165, 1.54) is 12.8 Å². The maximum absolute atomic E-state index is 12.5. The van der Waals surface area contributed by atoms with E-state index in [4.69, 9.17) is 0 Å². The first-order valence-electron chi connectivity index (χ1n) is 8.01. The van der Waals surface area contributed by atoms with Crippen LogP contribution in [0.3, 0.4) is 0 Å². The zero-order valence-electron chi connectivity index (χ0n) is 13.2. The van der Waals surface area contributed by atoms with Crippen molar-refractivity contribution in [3.05, 3.63) is 0 Å². The molecule has 2 aliphatic rings. The average molecular weight is 336 g/mol. The van der Waals surface area contributed by atoms with Gasteiger partial charge in [-0.3, -0.25) is 0 Å². The van der Waals surface area contributed by atoms with Crippen LogP contribution in [-0.2, 0) is 10.2 Å². The lowest BCUT2D eigenvalue weighted by Crippen LogP contribution is -2.53. The molecule has 21 heavy (non-hydrogen) atoms. The molecule has 2 fully saturated rings. The molecule has 2 rings (SSSR count). The highest BCUT2D eigenvalue weighted by atomic mass is 32.2. The predicted octanol–water partition coefficient (Wildman–Crippen LogP) is 1.43. The zero-order chi connectivity index (χ0) is 15.3. The summed E-state index contributed by atoms with van der Waals surface area (Å²) < 4.78 is 29.6. The van der Waals surface area contributed by atoms with Crippen LogP contribution in [0.1, 0.15) is 39.0 Å². The molecule has 0 aromatic carbocycles. The number of hydrogen-bond acceptors (Lipinski definition) is 4. The van der Waals surface area contributed by atoms with Crippen molar-refractivity contribution in [2.24, 2.45) is 5.92 Å². The van der Waals surface area contributed by atoms with E-state index in [1.54, 1.807) is 16.1 Å². The molecule has 0 spiro atoms. The first-order valence-corrected chi connectivity index (χ1v) is 10.8. The molecule has 124 valence electrons. The van der Waals surface area contributed by atoms with Crippen LogP contribution in [0.25, 0.3) is 0 Å². The van der Waals surface area contributed by atoms with Crippen LogP contribution in [0.4, 0.5) is 0 Å². The Labute approximate surface area is 133 Å². The summed E-state index contributed by atoms with van der Waals surface area (Å²) in [6.45, 7) is 4.07. The van der Waals surface area contributed by atoms with Crippen molar-refractivity contribution in [2.75, 3.05) is 31.6 Å². The number of thioether (sulfide) groups is 1. The van der Waals surface area contributed by atoms with Crippen LogP contribution in [0.2, 0.25) is 0 Å². The van der Waals surface area contributed by atoms with Gasteiger partial charge in [0, 0.05) is 31.7 Å². The van der Waals surface area contributed by atoms with Gasteiger partial charge in [-0.25, -0.2) is 4.72 Å². The van der Waals surface area contributed by atoms with Gasteiger partial charge in [0.25, 0.3) is 10.2 Å². The largest absolute Gasteiger partial charge is 0.312 e. The fourth-order valence-corrected chi connectivity index (χ4v) is 5.05. The third-order valence-corrected chi connectivity index (χ3v) is 6.70. The van der Waals surface area contributed by atoms with Gasteiger partial charge in [-0.05, 0) is 43.6 Å². The van der Waals surface area contributed by atoms with Crippen molar-refractivity contribution in [3.63, 3.8) is 0 Å². The molecular formula is C14H29N3O2S2. The van der Waals surface area contributed by atoms with Crippen LogP contribution in [-0.4, -0.2) is 56.4 Å². The van der Waals surface area contributed by atoms with E-state index >= 15 is 0 Å². The second-order valence-corrected chi connectivity index (χ2v) is 8.98. The highest BCUT2D eigenvalue weighted by molar-refractivity contribution is 7.98. The molecule has 1 aliphatic heterocycles. The van der Waals surface area contributed by atoms with Crippen molar-refractivity contribution < 1.29 is 8.42 Å². The van der Waals surface area contributed by atoms with E-state index in [0.29, 0.717) is 25.0 Å². The number of nitrogens with one attached hydrogen (secondary N) is 2. The predicted molar refractivity (Wildman–Crippen MR) is 89.8 cm³/mol. The molecule has 1 aliphatic carbocycles. The molecule has 1 saturated heterocycles. The number of hydrogen-bond donors (Lipinski definition) is 2. The van der Waals surface area contributed by atoms with Gasteiger partial charge >= 0.3 is 0 Å². The lowest BCUT2D eigenvalue weighted by molar-refractivity contribution is 0.242. The van der Waals surface area contributed by atoms with Crippen LogP contribution in [0.5, 0.6) is 0 Å². The lowest BCUT2D eigenvalue weighted by atomic mass is 10.1. The molecule has 7 heteroatoms. The van der Waals surface area contributed by atoms with Gasteiger partial charge in [0.2, 0.25) is 0 Å². The second kappa shape index (κ2) is 8.15. The summed E-state index contributed by atoms with van der Waals surface area (Å²) in [7, 11) is -3.34. The molecule has 0 radical (unpaired) electrons. The lowest BCUT2D eigenvalue weighted by Gasteiger charge is -2.35. The van der Waals surface area contributed by atoms with Gasteiger partial charge in [0.05, 0.1) is 0 Å². The van der Waals surface area contributed by atoms with Gasteiger partial charge in [0.1, 0.15) is 0 Å². The maximum atomic E-state index is 12.5. The quantitative estimate of drug-likeness (QED) is 0.669. The Morgan fingerprint density at radius 2 is 2.05 bits per heavy atom. The second-order valence-electron chi connectivity index (χ2n) is 6.36. The first-order chi connectivity index (χ1) is 10.0. The Kier molecular flexibility index (Phi) is 6.80. The van der Waals surface area contributed by atoms with Crippen LogP contribution < -0.4 is 10.0 Å². The zero-order valence-corrected chi connectivity index (χ0v) is 14.8. The smallest absolute Gasteiger partial charge is 0.279 e. The van der Waals surface area contributed by atoms with Crippen LogP contribution >= 0.6 is 11.8 Å². The Morgan fingerprint density at radius 1 is 1.29 bits per heavy atom. The normalized spacial score (nSPS) is 25.9. The summed E-state index contributed by atoms with van der Waals surface area (Å²) in [5.41, 5.74) is 0. The number of nitrogens with zero attached hydrogens (tertiary/aromatic N) is 1. The van der Waals surface area contributed by atoms with Crippen molar-refractivity contribution in [3.8, 4) is 0 Å². The first kappa shape index (κ1) is 17.5. The molecule has 0 aromatic heterocycles. The van der Waals surface area contributed by atoms with E-state index in [1.807, 2.05) is 0 Å². The summed E-state index contributed by atoms with van der Waals surface area (Å²) >= 11 is 1.76. The van der Waals surface area contributed by atoms with Crippen LogP contribution in [0, 0.1) is 5.92 Å². The molecule has 1 saturated carbocycles. The standard InChI is InChI=1S/C14H29N3O2S2/c1-12(11-20-2)9-16-21(18,19)17-8-4-3-5-14(17)10-15-13-6-7-13/h12-16H,3-11H2,1-2H3. The summed E-state index contributed by atoms with van der Waals surface area (Å²) in [5, 5.41) is 3.48. The minimum atomic E-state index is -3.34. The van der Waals surface area contributed by atoms with E-state index in [9.17, 15) is 8.42 Å². The summed E-state index contributed by atoms with van der Waals surface area (Å²) in [6, 6.07) is 0.749. The molecule has 1 heterocycles. The highest BCUT2D eigenvalue weighted by Crippen LogP contribution is 2.22. The Hall–Kier alpha value is 0.180. The molecule has 0 aromatic rings. The Bertz CT molecular complexity index is 412. The van der Waals surface area contributed by atoms with Gasteiger partial charge in [-0.2, -0.15) is 24.5 Å². The molecule has 2 N–H and O–H groups in total. The minimum Gasteiger partial charge on any atom is -0.312 e. The van der Waals surface area contributed by atoms with Crippen molar-refractivity contribution in [2.45, 2.75) is 51.1 Å². The highest BCUT2D eigenvalue weighted by Gasteiger charge is 2.33. The summed E-state index contributed by atoms with van der Waals surface area (Å²) in [5.74, 6) is 1.34. The monoisotopic (exact) mass is 335 g/mol. The maximum Gasteiger partial charge on any atom is 0.279 e. The molecule has 2 unspecified atom stereocenters. The molecule has 2 atom stereocenters. The van der Waals surface area contributed by atoms with Crippen molar-refractivity contribution in [1.29, 1.82) is 0 Å². The molecular weight excluding hydrogens is 306 g/mol. The molecule has 0 amide bonds. The molecule has 5 nitrogen and oxygen atoms in total. The minimum absolute atomic E-state index is 0.118. The van der Waals surface area contributed by atoms with E-state index in [-0.39, 0.29) is 6.04 Å². The van der Waals surface area contributed by atoms with Crippen LogP contribution in [0.15, 0.2) is 0 Å².